The normalized spacial score (nSPS) is 28.0. The molecule has 0 bridgehead atoms. The van der Waals surface area contributed by atoms with Gasteiger partial charge in [-0.2, -0.15) is 0 Å². The van der Waals surface area contributed by atoms with E-state index < -0.39 is 5.97 Å². The summed E-state index contributed by atoms with van der Waals surface area (Å²) in [6.07, 6.45) is 8.51. The quantitative estimate of drug-likeness (QED) is 0.277. The maximum atomic E-state index is 12.4. The molecule has 0 atom stereocenters. The molecule has 2 aliphatic rings. The lowest BCUT2D eigenvalue weighted by Crippen LogP contribution is -2.31. The number of ether oxygens (including phenoxy) is 3. The van der Waals surface area contributed by atoms with E-state index in [1.807, 2.05) is 0 Å². The Morgan fingerprint density at radius 1 is 0.852 bits per heavy atom. The molecule has 2 fully saturated rings. The van der Waals surface area contributed by atoms with Crippen molar-refractivity contribution < 1.29 is 28.6 Å². The van der Waals surface area contributed by atoms with Gasteiger partial charge in [0.2, 0.25) is 0 Å². The Kier molecular flexibility index (Phi) is 8.82. The molecule has 6 heteroatoms. The van der Waals surface area contributed by atoms with E-state index in [-0.39, 0.29) is 43.1 Å². The predicted molar refractivity (Wildman–Crippen MR) is 99.7 cm³/mol. The van der Waals surface area contributed by atoms with Crippen LogP contribution in [0.1, 0.15) is 64.7 Å². The smallest absolute Gasteiger partial charge is 0.330 e. The summed E-state index contributed by atoms with van der Waals surface area (Å²) in [5.41, 5.74) is 0. The lowest BCUT2D eigenvalue weighted by Gasteiger charge is -2.30. The fraction of sp³-hybridized carbons (Fsp3) is 0.762. The molecular weight excluding hydrogens is 348 g/mol. The molecule has 0 aliphatic heterocycles. The van der Waals surface area contributed by atoms with Crippen LogP contribution in [-0.2, 0) is 28.6 Å². The van der Waals surface area contributed by atoms with Gasteiger partial charge in [-0.05, 0) is 57.3 Å². The van der Waals surface area contributed by atoms with E-state index in [1.165, 1.54) is 0 Å². The van der Waals surface area contributed by atoms with E-state index in [0.29, 0.717) is 32.1 Å². The van der Waals surface area contributed by atoms with Gasteiger partial charge in [-0.3, -0.25) is 9.59 Å². The molecule has 2 aliphatic carbocycles. The highest BCUT2D eigenvalue weighted by Crippen LogP contribution is 2.32. The maximum Gasteiger partial charge on any atom is 0.330 e. The summed E-state index contributed by atoms with van der Waals surface area (Å²) >= 11 is 0. The minimum atomic E-state index is -0.478. The molecule has 0 radical (unpaired) electrons. The van der Waals surface area contributed by atoms with Gasteiger partial charge < -0.3 is 14.2 Å². The predicted octanol–water partition coefficient (Wildman–Crippen LogP) is 3.58. The van der Waals surface area contributed by atoms with Gasteiger partial charge in [-0.1, -0.05) is 13.5 Å². The lowest BCUT2D eigenvalue weighted by molar-refractivity contribution is -0.160. The van der Waals surface area contributed by atoms with Gasteiger partial charge in [0, 0.05) is 12.5 Å². The largest absolute Gasteiger partial charge is 0.465 e. The van der Waals surface area contributed by atoms with Crippen molar-refractivity contribution in [3.8, 4) is 0 Å². The van der Waals surface area contributed by atoms with Crippen LogP contribution in [0.5, 0.6) is 0 Å². The van der Waals surface area contributed by atoms with Crippen LogP contribution in [0.15, 0.2) is 12.7 Å². The molecule has 152 valence electrons. The van der Waals surface area contributed by atoms with E-state index in [0.717, 1.165) is 37.7 Å². The zero-order valence-electron chi connectivity index (χ0n) is 16.3. The summed E-state index contributed by atoms with van der Waals surface area (Å²) in [5, 5.41) is 0. The molecule has 27 heavy (non-hydrogen) atoms. The lowest BCUT2D eigenvalue weighted by atomic mass is 9.82. The molecule has 0 unspecified atom stereocenters. The molecule has 0 heterocycles. The van der Waals surface area contributed by atoms with Crippen LogP contribution >= 0.6 is 0 Å². The zero-order valence-corrected chi connectivity index (χ0v) is 16.3. The summed E-state index contributed by atoms with van der Waals surface area (Å²) in [6, 6.07) is 0. The van der Waals surface area contributed by atoms with Crippen molar-refractivity contribution in [2.45, 2.75) is 70.8 Å². The number of esters is 3. The summed E-state index contributed by atoms with van der Waals surface area (Å²) < 4.78 is 15.8. The van der Waals surface area contributed by atoms with Gasteiger partial charge in [-0.25, -0.2) is 4.79 Å². The molecule has 2 saturated carbocycles. The van der Waals surface area contributed by atoms with E-state index >= 15 is 0 Å². The van der Waals surface area contributed by atoms with Crippen LogP contribution in [0.3, 0.4) is 0 Å². The average Bonchev–Trinajstić information content (AvgIpc) is 2.69. The third-order valence-electron chi connectivity index (χ3n) is 5.58. The molecule has 0 spiro atoms. The first-order chi connectivity index (χ1) is 13.0. The molecule has 0 saturated heterocycles. The van der Waals surface area contributed by atoms with E-state index in [2.05, 4.69) is 13.5 Å². The molecule has 2 rings (SSSR count). The Morgan fingerprint density at radius 3 is 2.00 bits per heavy atom. The molecule has 0 aromatic rings. The SMILES string of the molecule is C=CC(=O)OCCCOC(=O)C1CCC(C(=O)OC2CCC(C)CC2)CC1. The van der Waals surface area contributed by atoms with Gasteiger partial charge >= 0.3 is 17.9 Å². The molecule has 6 nitrogen and oxygen atoms in total. The van der Waals surface area contributed by atoms with Crippen molar-refractivity contribution in [3.05, 3.63) is 12.7 Å². The Bertz CT molecular complexity index is 513. The Labute approximate surface area is 161 Å². The van der Waals surface area contributed by atoms with Crippen molar-refractivity contribution >= 4 is 17.9 Å². The first kappa shape index (κ1) is 21.5. The Balaban J connectivity index is 1.59. The Morgan fingerprint density at radius 2 is 1.41 bits per heavy atom. The van der Waals surface area contributed by atoms with Crippen LogP contribution < -0.4 is 0 Å². The van der Waals surface area contributed by atoms with E-state index in [1.54, 1.807) is 0 Å². The molecular formula is C21H32O6. The fourth-order valence-electron chi connectivity index (χ4n) is 3.75. The highest BCUT2D eigenvalue weighted by molar-refractivity contribution is 5.81. The van der Waals surface area contributed by atoms with Gasteiger partial charge in [0.05, 0.1) is 25.0 Å². The first-order valence-electron chi connectivity index (χ1n) is 10.2. The third kappa shape index (κ3) is 7.35. The van der Waals surface area contributed by atoms with Crippen LogP contribution in [-0.4, -0.2) is 37.2 Å². The zero-order chi connectivity index (χ0) is 19.6. The molecule has 0 amide bonds. The second kappa shape index (κ2) is 11.1. The molecule has 0 aromatic heterocycles. The van der Waals surface area contributed by atoms with E-state index in [4.69, 9.17) is 14.2 Å². The topological polar surface area (TPSA) is 78.9 Å². The minimum absolute atomic E-state index is 0.0755. The standard InChI is InChI=1S/C21H32O6/c1-3-19(22)25-13-4-14-26-20(23)16-7-9-17(10-8-16)21(24)27-18-11-5-15(2)6-12-18/h3,15-18H,1,4-14H2,2H3. The monoisotopic (exact) mass is 380 g/mol. The van der Waals surface area contributed by atoms with Gasteiger partial charge in [0.25, 0.3) is 0 Å². The van der Waals surface area contributed by atoms with Gasteiger partial charge in [0.1, 0.15) is 6.10 Å². The van der Waals surface area contributed by atoms with E-state index in [9.17, 15) is 14.4 Å². The number of hydrogen-bond acceptors (Lipinski definition) is 6. The van der Waals surface area contributed by atoms with Crippen LogP contribution in [0.2, 0.25) is 0 Å². The number of carbonyl (C=O) groups excluding carboxylic acids is 3. The summed E-state index contributed by atoms with van der Waals surface area (Å²) in [4.78, 5) is 35.4. The minimum Gasteiger partial charge on any atom is -0.465 e. The number of rotatable bonds is 8. The second-order valence-corrected chi connectivity index (χ2v) is 7.76. The Hall–Kier alpha value is -1.85. The van der Waals surface area contributed by atoms with Gasteiger partial charge in [0.15, 0.2) is 0 Å². The third-order valence-corrected chi connectivity index (χ3v) is 5.58. The summed E-state index contributed by atoms with van der Waals surface area (Å²) in [6.45, 7) is 5.98. The number of carbonyl (C=O) groups is 3. The first-order valence-corrected chi connectivity index (χ1v) is 10.2. The van der Waals surface area contributed by atoms with Crippen molar-refractivity contribution in [2.75, 3.05) is 13.2 Å². The highest BCUT2D eigenvalue weighted by Gasteiger charge is 2.33. The van der Waals surface area contributed by atoms with Crippen LogP contribution in [0.25, 0.3) is 0 Å². The van der Waals surface area contributed by atoms with Crippen molar-refractivity contribution in [3.63, 3.8) is 0 Å². The van der Waals surface area contributed by atoms with Crippen molar-refractivity contribution in [1.29, 1.82) is 0 Å². The van der Waals surface area contributed by atoms with Gasteiger partial charge in [-0.15, -0.1) is 0 Å². The maximum absolute atomic E-state index is 12.4. The van der Waals surface area contributed by atoms with Crippen molar-refractivity contribution in [1.82, 2.24) is 0 Å². The average molecular weight is 380 g/mol. The fourth-order valence-corrected chi connectivity index (χ4v) is 3.75. The van der Waals surface area contributed by atoms with Crippen molar-refractivity contribution in [2.24, 2.45) is 17.8 Å². The summed E-state index contributed by atoms with van der Waals surface area (Å²) in [5.74, 6) is -0.305. The molecule has 0 N–H and O–H groups in total. The number of hydrogen-bond donors (Lipinski definition) is 0. The van der Waals surface area contributed by atoms with Crippen LogP contribution in [0, 0.1) is 17.8 Å². The molecule has 0 aromatic carbocycles. The summed E-state index contributed by atoms with van der Waals surface area (Å²) in [7, 11) is 0. The highest BCUT2D eigenvalue weighted by atomic mass is 16.5. The van der Waals surface area contributed by atoms with Crippen LogP contribution in [0.4, 0.5) is 0 Å². The second-order valence-electron chi connectivity index (χ2n) is 7.76.